The summed E-state index contributed by atoms with van der Waals surface area (Å²) in [6.07, 6.45) is 4.27. The number of carbonyl (C=O) groups excluding carboxylic acids is 1. The predicted molar refractivity (Wildman–Crippen MR) is 102 cm³/mol. The molecular weight excluding hydrogens is 314 g/mol. The third kappa shape index (κ3) is 5.26. The van der Waals surface area contributed by atoms with Crippen molar-refractivity contribution >= 4 is 14.6 Å². The Labute approximate surface area is 148 Å². The van der Waals surface area contributed by atoms with E-state index in [1.807, 2.05) is 19.2 Å². The van der Waals surface area contributed by atoms with Crippen LogP contribution < -0.4 is 0 Å². The molecule has 1 heterocycles. The molecule has 0 bridgehead atoms. The van der Waals surface area contributed by atoms with Gasteiger partial charge >= 0.3 is 0 Å². The Morgan fingerprint density at radius 1 is 1.25 bits per heavy atom. The summed E-state index contributed by atoms with van der Waals surface area (Å²) in [7, 11) is -2.16. The lowest BCUT2D eigenvalue weighted by molar-refractivity contribution is -0.113. The van der Waals surface area contributed by atoms with Crippen molar-refractivity contribution in [3.8, 4) is 0 Å². The maximum Gasteiger partial charge on any atom is 0.188 e. The van der Waals surface area contributed by atoms with Crippen LogP contribution in [0, 0.1) is 11.8 Å². The molecule has 0 aromatic heterocycles. The Balaban J connectivity index is 1.96. The minimum atomic E-state index is -2.16. The number of carbonyl (C=O) groups is 1. The van der Waals surface area contributed by atoms with Crippen molar-refractivity contribution in [1.82, 2.24) is 4.90 Å². The van der Waals surface area contributed by atoms with E-state index in [0.29, 0.717) is 5.92 Å². The van der Waals surface area contributed by atoms with Gasteiger partial charge in [-0.25, -0.2) is 0 Å². The number of likely N-dealkylation sites (tertiary alicyclic amines) is 1. The van der Waals surface area contributed by atoms with Crippen LogP contribution in [0.15, 0.2) is 30.3 Å². The Bertz CT molecular complexity index is 524. The number of nitrogens with zero attached hydrogens (tertiary/aromatic N) is 1. The van der Waals surface area contributed by atoms with Crippen LogP contribution in [0.2, 0.25) is 18.1 Å². The first-order valence-electron chi connectivity index (χ1n) is 9.15. The lowest BCUT2D eigenvalue weighted by Crippen LogP contribution is -2.42. The van der Waals surface area contributed by atoms with Gasteiger partial charge in [-0.05, 0) is 48.9 Å². The van der Waals surface area contributed by atoms with Gasteiger partial charge in [0.1, 0.15) is 6.29 Å². The van der Waals surface area contributed by atoms with Crippen LogP contribution in [0.1, 0.15) is 38.7 Å². The molecule has 0 radical (unpaired) electrons. The molecule has 2 rings (SSSR count). The molecule has 1 aromatic carbocycles. The third-order valence-corrected chi connectivity index (χ3v) is 9.48. The molecule has 1 fully saturated rings. The van der Waals surface area contributed by atoms with Crippen LogP contribution >= 0.6 is 0 Å². The van der Waals surface area contributed by atoms with Gasteiger partial charge in [-0.2, -0.15) is 0 Å². The maximum absolute atomic E-state index is 11.4. The molecule has 1 aliphatic rings. The first kappa shape index (κ1) is 19.4. The Kier molecular flexibility index (Phi) is 6.40. The predicted octanol–water partition coefficient (Wildman–Crippen LogP) is 4.08. The number of aldehydes is 1. The number of hydrogen-bond acceptors (Lipinski definition) is 3. The summed E-state index contributed by atoms with van der Waals surface area (Å²) in [4.78, 5) is 24.3. The Hall–Kier alpha value is -0.973. The first-order chi connectivity index (χ1) is 11.2. The van der Waals surface area contributed by atoms with E-state index in [2.05, 4.69) is 43.0 Å². The lowest BCUT2D eigenvalue weighted by atomic mass is 9.85. The van der Waals surface area contributed by atoms with Crippen molar-refractivity contribution < 1.29 is 9.59 Å². The van der Waals surface area contributed by atoms with Crippen LogP contribution in [0.4, 0.5) is 0 Å². The molecule has 0 saturated carbocycles. The average molecular weight is 348 g/mol. The van der Waals surface area contributed by atoms with Crippen LogP contribution in [0.3, 0.4) is 0 Å². The van der Waals surface area contributed by atoms with Crippen LogP contribution in [-0.2, 0) is 11.3 Å². The standard InChI is InChI=1S/C20H33NO2Si/c1-20(2,24(3,4)23)11-10-18-12-19(16-22)15-21(14-18)13-17-8-6-5-7-9-17/h5-9,16,18-19,23H,10-15H2,1-4H3. The van der Waals surface area contributed by atoms with Gasteiger partial charge in [0, 0.05) is 25.6 Å². The molecule has 4 heteroatoms. The van der Waals surface area contributed by atoms with Crippen molar-refractivity contribution in [3.63, 3.8) is 0 Å². The highest BCUT2D eigenvalue weighted by atomic mass is 28.4. The van der Waals surface area contributed by atoms with E-state index in [-0.39, 0.29) is 11.0 Å². The van der Waals surface area contributed by atoms with E-state index < -0.39 is 8.32 Å². The van der Waals surface area contributed by atoms with E-state index in [4.69, 9.17) is 0 Å². The Morgan fingerprint density at radius 3 is 2.50 bits per heavy atom. The molecule has 2 unspecified atom stereocenters. The molecule has 1 aliphatic heterocycles. The minimum Gasteiger partial charge on any atom is -0.432 e. The second kappa shape index (κ2) is 7.94. The summed E-state index contributed by atoms with van der Waals surface area (Å²) in [5, 5.41) is 0.0192. The average Bonchev–Trinajstić information content (AvgIpc) is 2.52. The van der Waals surface area contributed by atoms with Gasteiger partial charge in [0.05, 0.1) is 0 Å². The molecule has 0 aliphatic carbocycles. The zero-order valence-electron chi connectivity index (χ0n) is 15.7. The van der Waals surface area contributed by atoms with E-state index in [1.54, 1.807) is 0 Å². The largest absolute Gasteiger partial charge is 0.432 e. The van der Waals surface area contributed by atoms with E-state index >= 15 is 0 Å². The monoisotopic (exact) mass is 347 g/mol. The molecule has 1 aromatic rings. The van der Waals surface area contributed by atoms with Gasteiger partial charge < -0.3 is 9.59 Å². The van der Waals surface area contributed by atoms with Gasteiger partial charge in [0.25, 0.3) is 0 Å². The number of hydrogen-bond donors (Lipinski definition) is 1. The quantitative estimate of drug-likeness (QED) is 0.597. The molecule has 0 amide bonds. The SMILES string of the molecule is CC(C)(CCC1CC(C=O)CN(Cc2ccccc2)C1)[Si](C)(C)O. The molecule has 1 N–H and O–H groups in total. The normalized spacial score (nSPS) is 23.2. The zero-order valence-corrected chi connectivity index (χ0v) is 16.7. The first-order valence-corrected chi connectivity index (χ1v) is 12.1. The van der Waals surface area contributed by atoms with Gasteiger partial charge in [0.15, 0.2) is 8.32 Å². The molecule has 3 nitrogen and oxygen atoms in total. The smallest absolute Gasteiger partial charge is 0.188 e. The van der Waals surface area contributed by atoms with Crippen molar-refractivity contribution in [3.05, 3.63) is 35.9 Å². The summed E-state index contributed by atoms with van der Waals surface area (Å²) in [6.45, 7) is 11.3. The third-order valence-electron chi connectivity index (χ3n) is 5.92. The summed E-state index contributed by atoms with van der Waals surface area (Å²) in [6, 6.07) is 10.5. The fourth-order valence-corrected chi connectivity index (χ4v) is 4.25. The van der Waals surface area contributed by atoms with E-state index in [0.717, 1.165) is 45.2 Å². The van der Waals surface area contributed by atoms with Crippen LogP contribution in [0.5, 0.6) is 0 Å². The fraction of sp³-hybridized carbons (Fsp3) is 0.650. The minimum absolute atomic E-state index is 0.0192. The molecule has 134 valence electrons. The second-order valence-corrected chi connectivity index (χ2v) is 13.1. The van der Waals surface area contributed by atoms with E-state index in [9.17, 15) is 9.59 Å². The number of rotatable bonds is 7. The van der Waals surface area contributed by atoms with Crippen molar-refractivity contribution in [2.45, 2.75) is 57.8 Å². The summed E-state index contributed by atoms with van der Waals surface area (Å²) < 4.78 is 0. The van der Waals surface area contributed by atoms with Crippen molar-refractivity contribution in [2.75, 3.05) is 13.1 Å². The van der Waals surface area contributed by atoms with E-state index in [1.165, 1.54) is 5.56 Å². The number of piperidine rings is 1. The van der Waals surface area contributed by atoms with Gasteiger partial charge in [-0.15, -0.1) is 0 Å². The van der Waals surface area contributed by atoms with Gasteiger partial charge in [-0.1, -0.05) is 44.2 Å². The second-order valence-electron chi connectivity index (χ2n) is 8.66. The topological polar surface area (TPSA) is 40.5 Å². The number of benzene rings is 1. The Morgan fingerprint density at radius 2 is 1.92 bits per heavy atom. The zero-order chi connectivity index (χ0) is 17.8. The summed E-state index contributed by atoms with van der Waals surface area (Å²) >= 11 is 0. The molecule has 1 saturated heterocycles. The van der Waals surface area contributed by atoms with Gasteiger partial charge in [0.2, 0.25) is 0 Å². The highest BCUT2D eigenvalue weighted by Crippen LogP contribution is 2.42. The van der Waals surface area contributed by atoms with Crippen LogP contribution in [-0.4, -0.2) is 37.4 Å². The fourth-order valence-electron chi connectivity index (χ4n) is 3.50. The lowest BCUT2D eigenvalue weighted by Gasteiger charge is -2.39. The van der Waals surface area contributed by atoms with Crippen LogP contribution in [0.25, 0.3) is 0 Å². The highest BCUT2D eigenvalue weighted by Gasteiger charge is 2.38. The maximum atomic E-state index is 11.4. The van der Waals surface area contributed by atoms with Crippen molar-refractivity contribution in [2.24, 2.45) is 11.8 Å². The molecule has 2 atom stereocenters. The van der Waals surface area contributed by atoms with Gasteiger partial charge in [-0.3, -0.25) is 4.90 Å². The van der Waals surface area contributed by atoms with Crippen molar-refractivity contribution in [1.29, 1.82) is 0 Å². The highest BCUT2D eigenvalue weighted by molar-refractivity contribution is 6.72. The summed E-state index contributed by atoms with van der Waals surface area (Å²) in [5.74, 6) is 0.697. The molecular formula is C20H33NO2Si. The molecule has 24 heavy (non-hydrogen) atoms. The molecule has 0 spiro atoms. The summed E-state index contributed by atoms with van der Waals surface area (Å²) in [5.41, 5.74) is 1.31.